The summed E-state index contributed by atoms with van der Waals surface area (Å²) in [4.78, 5) is 28.7. The van der Waals surface area contributed by atoms with E-state index in [9.17, 15) is 14.7 Å². The third kappa shape index (κ3) is 4.23. The molecular weight excluding hydrogens is 430 g/mol. The standard InChI is InChI=1S/C23H25N3O5S/c27-21(14-4-5-17-13(9-14)6-7-24-17)25-11-15-10-16-18(12-31-15)32-22(20(16)23(28)29)26-19-3-1-2-8-30-19/h4-7,9,15,19,24,26H,1-3,8,10-12H2,(H,25,27)(H,28,29). The van der Waals surface area contributed by atoms with Crippen molar-refractivity contribution in [3.63, 3.8) is 0 Å². The molecule has 1 saturated heterocycles. The monoisotopic (exact) mass is 455 g/mol. The van der Waals surface area contributed by atoms with Crippen LogP contribution in [-0.4, -0.2) is 47.5 Å². The van der Waals surface area contributed by atoms with Gasteiger partial charge in [0.05, 0.1) is 18.3 Å². The zero-order valence-corrected chi connectivity index (χ0v) is 18.3. The number of nitrogens with one attached hydrogen (secondary N) is 3. The fourth-order valence-electron chi connectivity index (χ4n) is 4.29. The van der Waals surface area contributed by atoms with Gasteiger partial charge in [-0.3, -0.25) is 4.79 Å². The highest BCUT2D eigenvalue weighted by Gasteiger charge is 2.31. The average Bonchev–Trinajstić information content (AvgIpc) is 3.41. The first kappa shape index (κ1) is 21.0. The molecule has 168 valence electrons. The Morgan fingerprint density at radius 3 is 2.94 bits per heavy atom. The number of aromatic nitrogens is 1. The van der Waals surface area contributed by atoms with Gasteiger partial charge in [-0.25, -0.2) is 4.79 Å². The summed E-state index contributed by atoms with van der Waals surface area (Å²) in [6, 6.07) is 7.42. The van der Waals surface area contributed by atoms with Crippen molar-refractivity contribution in [2.75, 3.05) is 18.5 Å². The molecule has 1 amide bonds. The molecule has 4 N–H and O–H groups in total. The zero-order chi connectivity index (χ0) is 22.1. The fourth-order valence-corrected chi connectivity index (χ4v) is 5.47. The maximum absolute atomic E-state index is 12.6. The van der Waals surface area contributed by atoms with Gasteiger partial charge in [0.1, 0.15) is 11.2 Å². The van der Waals surface area contributed by atoms with Gasteiger partial charge < -0.3 is 30.2 Å². The SMILES string of the molecule is O=C(NCC1Cc2c(sc(NC3CCCCO3)c2C(=O)O)CO1)c1ccc2[nH]ccc2c1. The van der Waals surface area contributed by atoms with Crippen LogP contribution >= 0.6 is 11.3 Å². The van der Waals surface area contributed by atoms with Crippen molar-refractivity contribution in [2.45, 2.75) is 44.6 Å². The van der Waals surface area contributed by atoms with E-state index in [1.807, 2.05) is 24.4 Å². The van der Waals surface area contributed by atoms with Gasteiger partial charge in [0.25, 0.3) is 5.91 Å². The predicted octanol–water partition coefficient (Wildman–Crippen LogP) is 3.74. The van der Waals surface area contributed by atoms with Crippen molar-refractivity contribution in [2.24, 2.45) is 0 Å². The van der Waals surface area contributed by atoms with Gasteiger partial charge in [-0.15, -0.1) is 11.3 Å². The number of carboxylic acids is 1. The molecule has 0 aliphatic carbocycles. The summed E-state index contributed by atoms with van der Waals surface area (Å²) < 4.78 is 11.6. The summed E-state index contributed by atoms with van der Waals surface area (Å²) in [7, 11) is 0. The molecule has 1 aromatic carbocycles. The molecule has 5 rings (SSSR count). The largest absolute Gasteiger partial charge is 0.478 e. The predicted molar refractivity (Wildman–Crippen MR) is 121 cm³/mol. The van der Waals surface area contributed by atoms with Crippen LogP contribution in [-0.2, 0) is 22.5 Å². The fraction of sp³-hybridized carbons (Fsp3) is 0.391. The molecule has 32 heavy (non-hydrogen) atoms. The van der Waals surface area contributed by atoms with Crippen molar-refractivity contribution in [3.8, 4) is 0 Å². The Hall–Kier alpha value is -2.88. The summed E-state index contributed by atoms with van der Waals surface area (Å²) in [6.07, 6.45) is 4.80. The number of thiophene rings is 1. The number of carboxylic acid groups (broad SMARTS) is 1. The van der Waals surface area contributed by atoms with Crippen molar-refractivity contribution in [3.05, 3.63) is 52.0 Å². The quantitative estimate of drug-likeness (QED) is 0.451. The van der Waals surface area contributed by atoms with Crippen molar-refractivity contribution < 1.29 is 24.2 Å². The normalized spacial score (nSPS) is 20.6. The van der Waals surface area contributed by atoms with Gasteiger partial charge in [0, 0.05) is 47.1 Å². The Kier molecular flexibility index (Phi) is 5.86. The summed E-state index contributed by atoms with van der Waals surface area (Å²) >= 11 is 1.42. The van der Waals surface area contributed by atoms with Crippen LogP contribution in [0.3, 0.4) is 0 Å². The van der Waals surface area contributed by atoms with E-state index in [0.29, 0.717) is 42.3 Å². The van der Waals surface area contributed by atoms with Gasteiger partial charge in [-0.1, -0.05) is 0 Å². The number of hydrogen-bond acceptors (Lipinski definition) is 6. The van der Waals surface area contributed by atoms with Crippen LogP contribution in [0.5, 0.6) is 0 Å². The van der Waals surface area contributed by atoms with Crippen molar-refractivity contribution in [1.82, 2.24) is 10.3 Å². The lowest BCUT2D eigenvalue weighted by atomic mass is 10.0. The van der Waals surface area contributed by atoms with E-state index in [2.05, 4.69) is 15.6 Å². The highest BCUT2D eigenvalue weighted by atomic mass is 32.1. The van der Waals surface area contributed by atoms with Gasteiger partial charge in [0.15, 0.2) is 0 Å². The second-order valence-corrected chi connectivity index (χ2v) is 9.24. The number of benzene rings is 1. The molecule has 2 unspecified atom stereocenters. The topological polar surface area (TPSA) is 113 Å². The van der Waals surface area contributed by atoms with E-state index in [-0.39, 0.29) is 18.2 Å². The summed E-state index contributed by atoms with van der Waals surface area (Å²) in [5.74, 6) is -1.13. The second kappa shape index (κ2) is 8.93. The molecule has 0 saturated carbocycles. The molecule has 2 aliphatic rings. The third-order valence-corrected chi connectivity index (χ3v) is 7.10. The number of ether oxygens (including phenoxy) is 2. The molecule has 9 heteroatoms. The molecule has 1 fully saturated rings. The molecule has 3 aromatic rings. The third-order valence-electron chi connectivity index (χ3n) is 5.96. The Morgan fingerprint density at radius 2 is 2.12 bits per heavy atom. The number of carbonyl (C=O) groups excluding carboxylic acids is 1. The highest BCUT2D eigenvalue weighted by Crippen LogP contribution is 2.38. The first-order valence-corrected chi connectivity index (χ1v) is 11.6. The van der Waals surface area contributed by atoms with Crippen LogP contribution in [0.15, 0.2) is 30.5 Å². The number of carbonyl (C=O) groups is 2. The van der Waals surface area contributed by atoms with E-state index < -0.39 is 5.97 Å². The Bertz CT molecular complexity index is 1150. The number of anilines is 1. The maximum Gasteiger partial charge on any atom is 0.338 e. The lowest BCUT2D eigenvalue weighted by molar-refractivity contribution is 0.0300. The van der Waals surface area contributed by atoms with E-state index in [4.69, 9.17) is 9.47 Å². The van der Waals surface area contributed by atoms with Crippen LogP contribution in [0, 0.1) is 0 Å². The van der Waals surface area contributed by atoms with Crippen LogP contribution < -0.4 is 10.6 Å². The number of amides is 1. The lowest BCUT2D eigenvalue weighted by Gasteiger charge is -2.24. The van der Waals surface area contributed by atoms with E-state index in [1.54, 1.807) is 6.07 Å². The minimum Gasteiger partial charge on any atom is -0.478 e. The molecule has 2 aromatic heterocycles. The number of rotatable bonds is 6. The average molecular weight is 456 g/mol. The number of hydrogen-bond donors (Lipinski definition) is 4. The van der Waals surface area contributed by atoms with E-state index in [1.165, 1.54) is 11.3 Å². The van der Waals surface area contributed by atoms with E-state index in [0.717, 1.165) is 40.6 Å². The van der Waals surface area contributed by atoms with Crippen LogP contribution in [0.1, 0.15) is 50.4 Å². The zero-order valence-electron chi connectivity index (χ0n) is 17.5. The molecule has 0 spiro atoms. The number of aromatic carboxylic acids is 1. The Balaban J connectivity index is 1.26. The summed E-state index contributed by atoms with van der Waals surface area (Å²) in [6.45, 7) is 1.34. The molecule has 2 atom stereocenters. The molecule has 0 radical (unpaired) electrons. The highest BCUT2D eigenvalue weighted by molar-refractivity contribution is 7.16. The smallest absolute Gasteiger partial charge is 0.338 e. The van der Waals surface area contributed by atoms with Gasteiger partial charge in [0.2, 0.25) is 0 Å². The minimum atomic E-state index is -0.953. The summed E-state index contributed by atoms with van der Waals surface area (Å²) in [5, 5.41) is 17.7. The van der Waals surface area contributed by atoms with E-state index >= 15 is 0 Å². The number of H-pyrrole nitrogens is 1. The van der Waals surface area contributed by atoms with Crippen LogP contribution in [0.25, 0.3) is 10.9 Å². The van der Waals surface area contributed by atoms with Gasteiger partial charge >= 0.3 is 5.97 Å². The molecular formula is C23H25N3O5S. The first-order chi connectivity index (χ1) is 15.6. The molecule has 0 bridgehead atoms. The molecule has 4 heterocycles. The second-order valence-electron chi connectivity index (χ2n) is 8.14. The van der Waals surface area contributed by atoms with Crippen molar-refractivity contribution >= 4 is 39.1 Å². The molecule has 8 nitrogen and oxygen atoms in total. The van der Waals surface area contributed by atoms with Gasteiger partial charge in [-0.05, 0) is 49.1 Å². The van der Waals surface area contributed by atoms with Crippen LogP contribution in [0.4, 0.5) is 5.00 Å². The van der Waals surface area contributed by atoms with Crippen molar-refractivity contribution in [1.29, 1.82) is 0 Å². The Morgan fingerprint density at radius 1 is 1.22 bits per heavy atom. The summed E-state index contributed by atoms with van der Waals surface area (Å²) in [5.41, 5.74) is 2.65. The Labute approximate surface area is 188 Å². The first-order valence-electron chi connectivity index (χ1n) is 10.8. The number of aromatic amines is 1. The van der Waals surface area contributed by atoms with Gasteiger partial charge in [-0.2, -0.15) is 0 Å². The number of fused-ring (bicyclic) bond motifs is 2. The minimum absolute atomic E-state index is 0.157. The lowest BCUT2D eigenvalue weighted by Crippen LogP contribution is -2.36. The maximum atomic E-state index is 12.6. The van der Waals surface area contributed by atoms with Crippen LogP contribution in [0.2, 0.25) is 0 Å². The molecule has 2 aliphatic heterocycles.